The number of aryl methyl sites for hydroxylation is 1. The lowest BCUT2D eigenvalue weighted by atomic mass is 9.68. The zero-order valence-corrected chi connectivity index (χ0v) is 24.6. The largest absolute Gasteiger partial charge is 0.452 e. The summed E-state index contributed by atoms with van der Waals surface area (Å²) in [4.78, 5) is 31.2. The van der Waals surface area contributed by atoms with Crippen LogP contribution in [0.2, 0.25) is 0 Å². The number of para-hydroxylation sites is 1. The van der Waals surface area contributed by atoms with Gasteiger partial charge in [-0.25, -0.2) is 13.2 Å². The van der Waals surface area contributed by atoms with E-state index in [0.717, 1.165) is 47.8 Å². The van der Waals surface area contributed by atoms with Gasteiger partial charge < -0.3 is 14.8 Å². The number of ether oxygens (including phenoxy) is 2. The van der Waals surface area contributed by atoms with Crippen molar-refractivity contribution in [1.29, 1.82) is 0 Å². The number of sulfonamides is 1. The lowest BCUT2D eigenvalue weighted by Crippen LogP contribution is -2.40. The Balaban J connectivity index is 1.29. The maximum Gasteiger partial charge on any atom is 0.339 e. The fourth-order valence-corrected chi connectivity index (χ4v) is 7.03. The number of aromatic nitrogens is 1. The zero-order chi connectivity index (χ0) is 29.2. The van der Waals surface area contributed by atoms with E-state index in [1.54, 1.807) is 0 Å². The van der Waals surface area contributed by atoms with Crippen LogP contribution in [0.25, 0.3) is 10.9 Å². The Morgan fingerprint density at radius 3 is 2.51 bits per heavy atom. The molecular weight excluding hydrogens is 542 g/mol. The number of anilines is 1. The molecule has 10 heteroatoms. The zero-order valence-electron chi connectivity index (χ0n) is 23.8. The third kappa shape index (κ3) is 6.14. The number of esters is 1. The Kier molecular flexibility index (Phi) is 8.45. The van der Waals surface area contributed by atoms with Gasteiger partial charge >= 0.3 is 5.97 Å². The van der Waals surface area contributed by atoms with E-state index in [2.05, 4.69) is 26.1 Å². The monoisotopic (exact) mass is 579 g/mol. The normalized spacial score (nSPS) is 18.1. The molecule has 5 rings (SSSR count). The van der Waals surface area contributed by atoms with Crippen molar-refractivity contribution < 1.29 is 27.5 Å². The van der Waals surface area contributed by atoms with Gasteiger partial charge in [-0.2, -0.15) is 4.31 Å². The molecule has 2 aliphatic rings. The highest BCUT2D eigenvalue weighted by atomic mass is 32.2. The fraction of sp³-hybridized carbons (Fsp3) is 0.452. The van der Waals surface area contributed by atoms with Crippen molar-refractivity contribution in [3.8, 4) is 0 Å². The van der Waals surface area contributed by atoms with Gasteiger partial charge in [-0.05, 0) is 66.5 Å². The molecule has 1 N–H and O–H groups in total. The number of pyridine rings is 1. The topological polar surface area (TPSA) is 115 Å². The summed E-state index contributed by atoms with van der Waals surface area (Å²) in [5.74, 6) is -0.649. The van der Waals surface area contributed by atoms with E-state index in [0.29, 0.717) is 43.5 Å². The van der Waals surface area contributed by atoms with Gasteiger partial charge in [0.05, 0.1) is 29.2 Å². The second-order valence-electron chi connectivity index (χ2n) is 11.4. The lowest BCUT2D eigenvalue weighted by Gasteiger charge is -2.37. The van der Waals surface area contributed by atoms with Crippen LogP contribution in [0.4, 0.5) is 5.69 Å². The van der Waals surface area contributed by atoms with Crippen LogP contribution in [-0.4, -0.2) is 62.5 Å². The molecule has 1 fully saturated rings. The number of hydrogen-bond acceptors (Lipinski definition) is 7. The number of fused-ring (bicyclic) bond motifs is 2. The quantitative estimate of drug-likeness (QED) is 0.388. The summed E-state index contributed by atoms with van der Waals surface area (Å²) in [6.45, 7) is 7.59. The van der Waals surface area contributed by atoms with E-state index in [1.165, 1.54) is 28.6 Å². The number of carbonyl (C=O) groups is 2. The summed E-state index contributed by atoms with van der Waals surface area (Å²) >= 11 is 0. The summed E-state index contributed by atoms with van der Waals surface area (Å²) in [6, 6.07) is 13.5. The van der Waals surface area contributed by atoms with E-state index in [1.807, 2.05) is 24.3 Å². The molecule has 2 aromatic carbocycles. The number of nitrogens with zero attached hydrogens (tertiary/aromatic N) is 2. The first-order chi connectivity index (χ1) is 19.6. The molecule has 0 saturated carbocycles. The van der Waals surface area contributed by atoms with Gasteiger partial charge in [0.25, 0.3) is 5.91 Å². The van der Waals surface area contributed by atoms with E-state index >= 15 is 0 Å². The molecule has 3 aromatic rings. The van der Waals surface area contributed by atoms with Crippen LogP contribution in [0.3, 0.4) is 0 Å². The first kappa shape index (κ1) is 29.2. The Morgan fingerprint density at radius 1 is 1.10 bits per heavy atom. The number of carbonyl (C=O) groups excluding carboxylic acids is 2. The van der Waals surface area contributed by atoms with E-state index in [-0.39, 0.29) is 10.3 Å². The molecule has 1 amide bonds. The van der Waals surface area contributed by atoms with Crippen molar-refractivity contribution in [1.82, 2.24) is 9.29 Å². The van der Waals surface area contributed by atoms with Crippen molar-refractivity contribution >= 4 is 38.5 Å². The molecule has 1 unspecified atom stereocenters. The summed E-state index contributed by atoms with van der Waals surface area (Å²) < 4.78 is 37.9. The maximum atomic E-state index is 13.5. The molecule has 1 aliphatic carbocycles. The van der Waals surface area contributed by atoms with Crippen LogP contribution in [0.1, 0.15) is 55.2 Å². The minimum Gasteiger partial charge on any atom is -0.452 e. The van der Waals surface area contributed by atoms with Crippen LogP contribution in [-0.2, 0) is 37.1 Å². The maximum absolute atomic E-state index is 13.5. The van der Waals surface area contributed by atoms with Crippen LogP contribution in [0.5, 0.6) is 0 Å². The van der Waals surface area contributed by atoms with Crippen molar-refractivity contribution in [2.45, 2.75) is 51.3 Å². The standard InChI is InChI=1S/C31H37N3O6S/c1-4-31(2,3)21-9-14-27-25(19-21)29(24-7-5-6-8-26(24)33-27)30(36)40-20-28(35)32-22-10-12-23(13-11-22)41(37,38)34-15-17-39-18-16-34/h5-8,10-13,21H,4,9,14-20H2,1-3H3,(H,32,35). The molecule has 0 bridgehead atoms. The molecule has 1 saturated heterocycles. The highest BCUT2D eigenvalue weighted by molar-refractivity contribution is 7.89. The summed E-state index contributed by atoms with van der Waals surface area (Å²) in [7, 11) is -3.63. The SMILES string of the molecule is CCC(C)(C)C1CCc2nc3ccccc3c(C(=O)OCC(=O)Nc3ccc(S(=O)(=O)N4CCOCC4)cc3)c2C1. The fourth-order valence-electron chi connectivity index (χ4n) is 5.62. The average molecular weight is 580 g/mol. The molecule has 0 spiro atoms. The Bertz CT molecular complexity index is 1550. The van der Waals surface area contributed by atoms with Crippen molar-refractivity contribution in [3.05, 3.63) is 65.4 Å². The molecule has 1 aliphatic heterocycles. The number of rotatable bonds is 8. The van der Waals surface area contributed by atoms with Gasteiger partial charge in [-0.3, -0.25) is 9.78 Å². The van der Waals surface area contributed by atoms with Crippen LogP contribution < -0.4 is 5.32 Å². The minimum atomic E-state index is -3.63. The van der Waals surface area contributed by atoms with E-state index in [4.69, 9.17) is 14.5 Å². The number of hydrogen-bond donors (Lipinski definition) is 1. The Morgan fingerprint density at radius 2 is 1.80 bits per heavy atom. The molecule has 218 valence electrons. The average Bonchev–Trinajstić information content (AvgIpc) is 2.99. The number of morpholine rings is 1. The first-order valence-electron chi connectivity index (χ1n) is 14.2. The number of benzene rings is 2. The predicted molar refractivity (Wildman–Crippen MR) is 156 cm³/mol. The van der Waals surface area contributed by atoms with Gasteiger partial charge in [-0.1, -0.05) is 45.4 Å². The van der Waals surface area contributed by atoms with Gasteiger partial charge in [0, 0.05) is 29.9 Å². The predicted octanol–water partition coefficient (Wildman–Crippen LogP) is 4.59. The van der Waals surface area contributed by atoms with Crippen molar-refractivity contribution in [2.24, 2.45) is 11.3 Å². The van der Waals surface area contributed by atoms with E-state index in [9.17, 15) is 18.0 Å². The summed E-state index contributed by atoms with van der Waals surface area (Å²) in [6.07, 6.45) is 3.59. The van der Waals surface area contributed by atoms with E-state index < -0.39 is 28.5 Å². The van der Waals surface area contributed by atoms with Crippen molar-refractivity contribution in [2.75, 3.05) is 38.2 Å². The highest BCUT2D eigenvalue weighted by Gasteiger charge is 2.35. The number of nitrogens with one attached hydrogen (secondary N) is 1. The Hall–Kier alpha value is -3.34. The summed E-state index contributed by atoms with van der Waals surface area (Å²) in [5.41, 5.74) is 3.61. The minimum absolute atomic E-state index is 0.126. The summed E-state index contributed by atoms with van der Waals surface area (Å²) in [5, 5.41) is 3.41. The van der Waals surface area contributed by atoms with Crippen LogP contribution >= 0.6 is 0 Å². The molecule has 9 nitrogen and oxygen atoms in total. The molecule has 2 heterocycles. The van der Waals surface area contributed by atoms with Crippen molar-refractivity contribution in [3.63, 3.8) is 0 Å². The molecule has 1 aromatic heterocycles. The second kappa shape index (κ2) is 11.9. The van der Waals surface area contributed by atoms with Crippen LogP contribution in [0.15, 0.2) is 53.4 Å². The van der Waals surface area contributed by atoms with Crippen LogP contribution in [0, 0.1) is 11.3 Å². The molecule has 1 atom stereocenters. The Labute approximate surface area is 241 Å². The molecule has 0 radical (unpaired) electrons. The van der Waals surface area contributed by atoms with Gasteiger partial charge in [0.15, 0.2) is 6.61 Å². The molecule has 41 heavy (non-hydrogen) atoms. The molecular formula is C31H37N3O6S. The lowest BCUT2D eigenvalue weighted by molar-refractivity contribution is -0.119. The highest BCUT2D eigenvalue weighted by Crippen LogP contribution is 2.41. The van der Waals surface area contributed by atoms with Gasteiger partial charge in [-0.15, -0.1) is 0 Å². The second-order valence-corrected chi connectivity index (χ2v) is 13.3. The third-order valence-corrected chi connectivity index (χ3v) is 10.5. The third-order valence-electron chi connectivity index (χ3n) is 8.56. The number of amides is 1. The first-order valence-corrected chi connectivity index (χ1v) is 15.6. The smallest absolute Gasteiger partial charge is 0.339 e. The van der Waals surface area contributed by atoms with Gasteiger partial charge in [0.2, 0.25) is 10.0 Å². The van der Waals surface area contributed by atoms with Gasteiger partial charge in [0.1, 0.15) is 0 Å².